The molecule has 0 aliphatic rings. The van der Waals surface area contributed by atoms with Crippen molar-refractivity contribution in [2.24, 2.45) is 0 Å². The predicted octanol–water partition coefficient (Wildman–Crippen LogP) is 5.55. The Labute approximate surface area is 167 Å². The first-order valence-corrected chi connectivity index (χ1v) is 9.29. The molecule has 3 aromatic carbocycles. The first kappa shape index (κ1) is 17.5. The SMILES string of the molecule is S=C(Nc1cccc(Cl)c1)Nc1cnn(Cc2cccc3ccccc23)c1. The standard InChI is InChI=1S/C21H17ClN4S/c22-17-8-4-9-18(11-17)24-21(27)25-19-12-23-26(14-19)13-16-7-3-6-15-5-1-2-10-20(15)16/h1-12,14H,13H2,(H2,24,25,27). The highest BCUT2D eigenvalue weighted by molar-refractivity contribution is 7.80. The summed E-state index contributed by atoms with van der Waals surface area (Å²) in [6, 6.07) is 22.1. The number of anilines is 2. The lowest BCUT2D eigenvalue weighted by Crippen LogP contribution is -2.18. The number of hydrogen-bond donors (Lipinski definition) is 2. The van der Waals surface area contributed by atoms with Crippen molar-refractivity contribution in [2.75, 3.05) is 10.6 Å². The second kappa shape index (κ2) is 7.78. The fraction of sp³-hybridized carbons (Fsp3) is 0.0476. The summed E-state index contributed by atoms with van der Waals surface area (Å²) in [6.45, 7) is 0.692. The van der Waals surface area contributed by atoms with Gasteiger partial charge in [-0.1, -0.05) is 60.1 Å². The predicted molar refractivity (Wildman–Crippen MR) is 117 cm³/mol. The Balaban J connectivity index is 1.44. The van der Waals surface area contributed by atoms with E-state index in [4.69, 9.17) is 23.8 Å². The summed E-state index contributed by atoms with van der Waals surface area (Å²) >= 11 is 11.4. The molecule has 2 N–H and O–H groups in total. The van der Waals surface area contributed by atoms with Crippen molar-refractivity contribution in [2.45, 2.75) is 6.54 Å². The zero-order valence-corrected chi connectivity index (χ0v) is 16.0. The molecule has 4 nitrogen and oxygen atoms in total. The van der Waals surface area contributed by atoms with Crippen LogP contribution in [0.5, 0.6) is 0 Å². The van der Waals surface area contributed by atoms with E-state index < -0.39 is 0 Å². The Morgan fingerprint density at radius 1 is 0.963 bits per heavy atom. The molecule has 0 fully saturated rings. The third-order valence-electron chi connectivity index (χ3n) is 4.19. The minimum atomic E-state index is 0.488. The number of nitrogens with one attached hydrogen (secondary N) is 2. The van der Waals surface area contributed by atoms with Gasteiger partial charge in [0.15, 0.2) is 5.11 Å². The van der Waals surface area contributed by atoms with E-state index in [9.17, 15) is 0 Å². The number of hydrogen-bond acceptors (Lipinski definition) is 2. The molecule has 0 radical (unpaired) electrons. The summed E-state index contributed by atoms with van der Waals surface area (Å²) in [5, 5.41) is 14.3. The maximum Gasteiger partial charge on any atom is 0.175 e. The third kappa shape index (κ3) is 4.27. The quantitative estimate of drug-likeness (QED) is 0.447. The lowest BCUT2D eigenvalue weighted by atomic mass is 10.0. The van der Waals surface area contributed by atoms with E-state index in [2.05, 4.69) is 58.2 Å². The molecular formula is C21H17ClN4S. The Hall–Kier alpha value is -2.89. The second-order valence-corrected chi connectivity index (χ2v) is 7.00. The van der Waals surface area contributed by atoms with Crippen molar-refractivity contribution in [1.29, 1.82) is 0 Å². The van der Waals surface area contributed by atoms with Crippen LogP contribution in [-0.2, 0) is 6.54 Å². The summed E-state index contributed by atoms with van der Waals surface area (Å²) < 4.78 is 1.89. The summed E-state index contributed by atoms with van der Waals surface area (Å²) in [6.07, 6.45) is 3.70. The van der Waals surface area contributed by atoms with Gasteiger partial charge in [-0.05, 0) is 46.8 Å². The van der Waals surface area contributed by atoms with Crippen molar-refractivity contribution < 1.29 is 0 Å². The van der Waals surface area contributed by atoms with Crippen molar-refractivity contribution in [1.82, 2.24) is 9.78 Å². The Morgan fingerprint density at radius 3 is 2.63 bits per heavy atom. The van der Waals surface area contributed by atoms with Crippen LogP contribution in [0.4, 0.5) is 11.4 Å². The Morgan fingerprint density at radius 2 is 1.74 bits per heavy atom. The average molecular weight is 393 g/mol. The highest BCUT2D eigenvalue weighted by Crippen LogP contribution is 2.20. The van der Waals surface area contributed by atoms with Crippen molar-refractivity contribution >= 4 is 51.1 Å². The third-order valence-corrected chi connectivity index (χ3v) is 4.63. The lowest BCUT2D eigenvalue weighted by Gasteiger charge is -2.09. The monoisotopic (exact) mass is 392 g/mol. The van der Waals surface area contributed by atoms with Crippen LogP contribution >= 0.6 is 23.8 Å². The summed E-state index contributed by atoms with van der Waals surface area (Å²) in [7, 11) is 0. The van der Waals surface area contributed by atoms with E-state index in [1.807, 2.05) is 35.1 Å². The van der Waals surface area contributed by atoms with E-state index in [0.29, 0.717) is 16.7 Å². The summed E-state index contributed by atoms with van der Waals surface area (Å²) in [5.74, 6) is 0. The van der Waals surface area contributed by atoms with Gasteiger partial charge in [-0.2, -0.15) is 5.10 Å². The number of aromatic nitrogens is 2. The normalized spacial score (nSPS) is 10.7. The molecule has 0 aliphatic heterocycles. The van der Waals surface area contributed by atoms with Crippen molar-refractivity contribution in [3.8, 4) is 0 Å². The van der Waals surface area contributed by atoms with Crippen molar-refractivity contribution in [3.63, 3.8) is 0 Å². The molecule has 0 atom stereocenters. The minimum absolute atomic E-state index is 0.488. The topological polar surface area (TPSA) is 41.9 Å². The summed E-state index contributed by atoms with van der Waals surface area (Å²) in [4.78, 5) is 0. The lowest BCUT2D eigenvalue weighted by molar-refractivity contribution is 0.690. The number of fused-ring (bicyclic) bond motifs is 1. The van der Waals surface area contributed by atoms with Crippen LogP contribution < -0.4 is 10.6 Å². The largest absolute Gasteiger partial charge is 0.332 e. The van der Waals surface area contributed by atoms with E-state index in [-0.39, 0.29) is 0 Å². The molecule has 0 saturated carbocycles. The molecule has 27 heavy (non-hydrogen) atoms. The van der Waals surface area contributed by atoms with Crippen LogP contribution in [0.1, 0.15) is 5.56 Å². The molecule has 1 heterocycles. The van der Waals surface area contributed by atoms with Gasteiger partial charge < -0.3 is 10.6 Å². The fourth-order valence-electron chi connectivity index (χ4n) is 2.98. The van der Waals surface area contributed by atoms with Gasteiger partial charge in [-0.3, -0.25) is 4.68 Å². The van der Waals surface area contributed by atoms with Crippen LogP contribution in [0, 0.1) is 0 Å². The molecule has 0 bridgehead atoms. The molecule has 6 heteroatoms. The van der Waals surface area contributed by atoms with E-state index in [1.54, 1.807) is 6.20 Å². The van der Waals surface area contributed by atoms with E-state index in [0.717, 1.165) is 11.4 Å². The number of nitrogens with zero attached hydrogens (tertiary/aromatic N) is 2. The van der Waals surface area contributed by atoms with Gasteiger partial charge in [0.2, 0.25) is 0 Å². The maximum absolute atomic E-state index is 5.99. The minimum Gasteiger partial charge on any atom is -0.332 e. The van der Waals surface area contributed by atoms with Crippen LogP contribution in [0.15, 0.2) is 79.1 Å². The number of rotatable bonds is 4. The molecule has 1 aromatic heterocycles. The average Bonchev–Trinajstić information content (AvgIpc) is 3.09. The Bertz CT molecular complexity index is 1100. The molecule has 0 aliphatic carbocycles. The molecular weight excluding hydrogens is 376 g/mol. The fourth-order valence-corrected chi connectivity index (χ4v) is 3.41. The molecule has 0 spiro atoms. The van der Waals surface area contributed by atoms with Gasteiger partial charge in [-0.15, -0.1) is 0 Å². The first-order chi connectivity index (χ1) is 13.2. The van der Waals surface area contributed by atoms with Crippen LogP contribution in [0.2, 0.25) is 5.02 Å². The number of benzene rings is 3. The van der Waals surface area contributed by atoms with Gasteiger partial charge in [0.1, 0.15) is 0 Å². The number of thiocarbonyl (C=S) groups is 1. The van der Waals surface area contributed by atoms with Gasteiger partial charge in [0, 0.05) is 16.9 Å². The van der Waals surface area contributed by atoms with Crippen molar-refractivity contribution in [3.05, 3.63) is 89.7 Å². The molecule has 0 amide bonds. The smallest absolute Gasteiger partial charge is 0.175 e. The molecule has 134 valence electrons. The van der Waals surface area contributed by atoms with Gasteiger partial charge in [-0.25, -0.2) is 0 Å². The number of halogens is 1. The zero-order valence-electron chi connectivity index (χ0n) is 14.4. The van der Waals surface area contributed by atoms with Crippen LogP contribution in [0.3, 0.4) is 0 Å². The van der Waals surface area contributed by atoms with Crippen LogP contribution in [-0.4, -0.2) is 14.9 Å². The molecule has 4 aromatic rings. The highest BCUT2D eigenvalue weighted by Gasteiger charge is 2.05. The highest BCUT2D eigenvalue weighted by atomic mass is 35.5. The van der Waals surface area contributed by atoms with Gasteiger partial charge in [0.05, 0.1) is 18.4 Å². The maximum atomic E-state index is 5.99. The molecule has 4 rings (SSSR count). The summed E-state index contributed by atoms with van der Waals surface area (Å²) in [5.41, 5.74) is 2.89. The second-order valence-electron chi connectivity index (χ2n) is 6.15. The van der Waals surface area contributed by atoms with E-state index >= 15 is 0 Å². The molecule has 0 unspecified atom stereocenters. The zero-order chi connectivity index (χ0) is 18.6. The van der Waals surface area contributed by atoms with Gasteiger partial charge in [0.25, 0.3) is 0 Å². The van der Waals surface area contributed by atoms with E-state index in [1.165, 1.54) is 16.3 Å². The Kier molecular flexibility index (Phi) is 5.05. The molecule has 0 saturated heterocycles. The van der Waals surface area contributed by atoms with Crippen LogP contribution in [0.25, 0.3) is 10.8 Å². The first-order valence-electron chi connectivity index (χ1n) is 8.50. The van der Waals surface area contributed by atoms with Gasteiger partial charge >= 0.3 is 0 Å².